The number of nitrogens with two attached hydrogens (primary N) is 1. The van der Waals surface area contributed by atoms with Gasteiger partial charge in [0.1, 0.15) is 41.9 Å². The van der Waals surface area contributed by atoms with E-state index in [0.29, 0.717) is 98.0 Å². The second kappa shape index (κ2) is 19.2. The number of anilines is 3. The van der Waals surface area contributed by atoms with E-state index in [4.69, 9.17) is 30.1 Å². The van der Waals surface area contributed by atoms with Crippen LogP contribution >= 0.6 is 0 Å². The molecule has 1 aromatic carbocycles. The Morgan fingerprint density at radius 1 is 0.870 bits per heavy atom. The maximum Gasteiger partial charge on any atom is 0.409 e. The van der Waals surface area contributed by atoms with Gasteiger partial charge in [0.25, 0.3) is 0 Å². The minimum atomic E-state index is -0.724. The van der Waals surface area contributed by atoms with Crippen LogP contribution in [0.25, 0.3) is 33.8 Å². The predicted octanol–water partition coefficient (Wildman–Crippen LogP) is 5.50. The van der Waals surface area contributed by atoms with Crippen molar-refractivity contribution in [3.8, 4) is 22.8 Å². The number of halogens is 2. The highest BCUT2D eigenvalue weighted by molar-refractivity contribution is 6.02. The highest BCUT2D eigenvalue weighted by Gasteiger charge is 2.37. The summed E-state index contributed by atoms with van der Waals surface area (Å²) in [5.74, 6) is 0.296. The molecule has 4 N–H and O–H groups in total. The Morgan fingerprint density at radius 3 is 2.25 bits per heavy atom. The number of ether oxygens (including phenoxy) is 1. The van der Waals surface area contributed by atoms with Gasteiger partial charge in [-0.2, -0.15) is 5.10 Å². The quantitative estimate of drug-likeness (QED) is 0.132. The van der Waals surface area contributed by atoms with Crippen LogP contribution in [0.3, 0.4) is 0 Å². The summed E-state index contributed by atoms with van der Waals surface area (Å²) in [6.07, 6.45) is 10.9. The summed E-state index contributed by atoms with van der Waals surface area (Å²) in [6.45, 7) is 13.5. The topological polar surface area (TPSA) is 219 Å². The second-order valence-corrected chi connectivity index (χ2v) is 20.2. The fourth-order valence-electron chi connectivity index (χ4n) is 10.2. The number of rotatable bonds is 12. The predicted molar refractivity (Wildman–Crippen MR) is 252 cm³/mol. The average Bonchev–Trinajstić information content (AvgIpc) is 3.95. The third-order valence-electron chi connectivity index (χ3n) is 14.3. The highest BCUT2D eigenvalue weighted by Crippen LogP contribution is 2.48. The van der Waals surface area contributed by atoms with Crippen LogP contribution in [0.4, 0.5) is 30.8 Å². The summed E-state index contributed by atoms with van der Waals surface area (Å²) in [4.78, 5) is 63.5. The molecule has 21 heteroatoms. The highest BCUT2D eigenvalue weighted by atomic mass is 19.1. The van der Waals surface area contributed by atoms with Crippen molar-refractivity contribution in [1.82, 2.24) is 54.9 Å². The Kier molecular flexibility index (Phi) is 12.9. The Labute approximate surface area is 398 Å². The number of carbonyl (C=O) groups is 3. The third kappa shape index (κ3) is 9.93. The van der Waals surface area contributed by atoms with Crippen LogP contribution in [0.1, 0.15) is 95.3 Å². The molecule has 5 fully saturated rings. The number of hydrogen-bond acceptors (Lipinski definition) is 16. The van der Waals surface area contributed by atoms with Crippen molar-refractivity contribution in [2.24, 2.45) is 5.92 Å². The molecule has 0 radical (unpaired) electrons. The van der Waals surface area contributed by atoms with Gasteiger partial charge >= 0.3 is 6.09 Å². The standard InChI is InChI=1S/C48H60F2N14O5/c1-48(2,3)64-45-38(43(51)54-27-55-45)39(58-64)40-37(42(69-59-40)30-4-5-30)44-52-24-31(25-53-44)29-10-14-63(15-11-29)47(67)68-21-20-60-12-8-28(9-13-60)26-61-16-18-62(19-17-61)41-33(49)22-32(23-34(41)50)56-35-6-7-36(65)57-46(35)66/h22-25,27-30,35,56H,4-21,26H2,1-3H3,(H2,51,54,55)(H,57,65,66). The molecule has 69 heavy (non-hydrogen) atoms. The Bertz CT molecular complexity index is 2670. The number of imide groups is 1. The number of nitrogen functional groups attached to an aromatic ring is 1. The Morgan fingerprint density at radius 2 is 1.58 bits per heavy atom. The summed E-state index contributed by atoms with van der Waals surface area (Å²) in [7, 11) is 0. The molecule has 3 amide bonds. The van der Waals surface area contributed by atoms with Gasteiger partial charge < -0.3 is 30.1 Å². The average molecular weight is 951 g/mol. The molecule has 1 aliphatic carbocycles. The summed E-state index contributed by atoms with van der Waals surface area (Å²) < 4.78 is 44.1. The molecule has 0 spiro atoms. The molecule has 5 aromatic rings. The van der Waals surface area contributed by atoms with Crippen molar-refractivity contribution >= 4 is 46.1 Å². The van der Waals surface area contributed by atoms with Gasteiger partial charge in [-0.15, -0.1) is 0 Å². The van der Waals surface area contributed by atoms with E-state index in [1.807, 2.05) is 37.8 Å². The lowest BCUT2D eigenvalue weighted by molar-refractivity contribution is -0.133. The zero-order chi connectivity index (χ0) is 48.0. The van der Waals surface area contributed by atoms with E-state index in [9.17, 15) is 14.4 Å². The maximum absolute atomic E-state index is 15.2. The maximum atomic E-state index is 15.2. The van der Waals surface area contributed by atoms with E-state index >= 15 is 8.78 Å². The van der Waals surface area contributed by atoms with E-state index < -0.39 is 23.6 Å². The van der Waals surface area contributed by atoms with Crippen LogP contribution in [0, 0.1) is 17.6 Å². The molecule has 1 unspecified atom stereocenters. The lowest BCUT2D eigenvalue weighted by Gasteiger charge is -2.39. The van der Waals surface area contributed by atoms with Gasteiger partial charge in [0.05, 0.1) is 16.5 Å². The minimum absolute atomic E-state index is 0.0556. The van der Waals surface area contributed by atoms with Gasteiger partial charge in [-0.1, -0.05) is 5.16 Å². The lowest BCUT2D eigenvalue weighted by atomic mass is 9.91. The first kappa shape index (κ1) is 46.4. The summed E-state index contributed by atoms with van der Waals surface area (Å²) >= 11 is 0. The van der Waals surface area contributed by atoms with Crippen molar-refractivity contribution in [3.63, 3.8) is 0 Å². The minimum Gasteiger partial charge on any atom is -0.448 e. The number of aromatic nitrogens is 7. The van der Waals surface area contributed by atoms with Crippen molar-refractivity contribution < 1.29 is 32.4 Å². The van der Waals surface area contributed by atoms with Crippen LogP contribution in [0.2, 0.25) is 0 Å². The normalized spacial score (nSPS) is 20.4. The van der Waals surface area contributed by atoms with Crippen LogP contribution in [-0.4, -0.2) is 146 Å². The number of fused-ring (bicyclic) bond motifs is 1. The van der Waals surface area contributed by atoms with Gasteiger partial charge in [-0.3, -0.25) is 24.7 Å². The van der Waals surface area contributed by atoms with Gasteiger partial charge in [0.2, 0.25) is 11.8 Å². The number of benzene rings is 1. The zero-order valence-electron chi connectivity index (χ0n) is 39.4. The number of carbonyl (C=O) groups excluding carboxylic acids is 3. The third-order valence-corrected chi connectivity index (χ3v) is 14.3. The number of piperazine rings is 1. The molecule has 4 saturated heterocycles. The Hall–Kier alpha value is -6.35. The fourth-order valence-corrected chi connectivity index (χ4v) is 10.2. The first-order valence-electron chi connectivity index (χ1n) is 24.3. The molecule has 0 bridgehead atoms. The lowest BCUT2D eigenvalue weighted by Crippen LogP contribution is -2.49. The van der Waals surface area contributed by atoms with E-state index in [1.54, 1.807) is 9.80 Å². The monoisotopic (exact) mass is 950 g/mol. The zero-order valence-corrected chi connectivity index (χ0v) is 39.4. The van der Waals surface area contributed by atoms with E-state index in [1.165, 1.54) is 18.5 Å². The molecule has 4 aromatic heterocycles. The van der Waals surface area contributed by atoms with Crippen LogP contribution in [0.15, 0.2) is 35.4 Å². The number of nitrogens with one attached hydrogen (secondary N) is 2. The summed E-state index contributed by atoms with van der Waals surface area (Å²) in [6, 6.07) is 1.70. The molecule has 10 rings (SSSR count). The van der Waals surface area contributed by atoms with Gasteiger partial charge in [0, 0.05) is 82.8 Å². The fraction of sp³-hybridized carbons (Fsp3) is 0.562. The summed E-state index contributed by atoms with van der Waals surface area (Å²) in [5, 5.41) is 15.2. The number of likely N-dealkylation sites (tertiary alicyclic amines) is 2. The molecular weight excluding hydrogens is 891 g/mol. The first-order chi connectivity index (χ1) is 33.3. The van der Waals surface area contributed by atoms with Gasteiger partial charge in [0.15, 0.2) is 28.9 Å². The molecule has 19 nitrogen and oxygen atoms in total. The number of nitrogens with zero attached hydrogens (tertiary/aromatic N) is 11. The van der Waals surface area contributed by atoms with Gasteiger partial charge in [-0.25, -0.2) is 38.2 Å². The molecular formula is C48H60F2N14O5. The molecule has 1 atom stereocenters. The van der Waals surface area contributed by atoms with E-state index in [-0.39, 0.29) is 53.6 Å². The molecule has 1 saturated carbocycles. The van der Waals surface area contributed by atoms with E-state index in [2.05, 4.69) is 35.6 Å². The van der Waals surface area contributed by atoms with Crippen LogP contribution in [-0.2, 0) is 19.9 Å². The van der Waals surface area contributed by atoms with Crippen molar-refractivity contribution in [2.75, 3.05) is 88.0 Å². The molecule has 8 heterocycles. The number of amides is 3. The smallest absolute Gasteiger partial charge is 0.409 e. The molecule has 4 aliphatic heterocycles. The van der Waals surface area contributed by atoms with Crippen molar-refractivity contribution in [2.45, 2.75) is 95.6 Å². The Balaban J connectivity index is 0.655. The molecule has 366 valence electrons. The van der Waals surface area contributed by atoms with Crippen molar-refractivity contribution in [1.29, 1.82) is 0 Å². The first-order valence-corrected chi connectivity index (χ1v) is 24.3. The second-order valence-electron chi connectivity index (χ2n) is 20.2. The van der Waals surface area contributed by atoms with Crippen LogP contribution < -0.4 is 21.3 Å². The van der Waals surface area contributed by atoms with Crippen molar-refractivity contribution in [3.05, 3.63) is 53.8 Å². The number of hydrogen-bond donors (Lipinski definition) is 3. The van der Waals surface area contributed by atoms with Crippen LogP contribution in [0.5, 0.6) is 0 Å². The van der Waals surface area contributed by atoms with Gasteiger partial charge in [-0.05, 0) is 108 Å². The number of piperidine rings is 3. The van der Waals surface area contributed by atoms with E-state index in [0.717, 1.165) is 69.5 Å². The summed E-state index contributed by atoms with van der Waals surface area (Å²) in [5.41, 5.74) is 9.54. The largest absolute Gasteiger partial charge is 0.448 e. The molecule has 5 aliphatic rings. The SMILES string of the molecule is CC(C)(C)n1nc(-c2noc(C3CC3)c2-c2ncc(C3CCN(C(=O)OCCN4CCC(CN5CCN(c6c(F)cc(NC7CCC(=O)NC7=O)cc6F)CC5)CC4)CC3)cn2)c2c(N)ncnc21.